The van der Waals surface area contributed by atoms with Crippen molar-refractivity contribution >= 4 is 27.5 Å². The molecule has 9 heteroatoms. The van der Waals surface area contributed by atoms with Crippen LogP contribution in [0.25, 0.3) is 0 Å². The Hall–Kier alpha value is -3.33. The minimum absolute atomic E-state index is 0.0503. The molecule has 0 unspecified atom stereocenters. The molecule has 0 saturated carbocycles. The number of fused-ring (bicyclic) bond motifs is 2. The number of amides is 1. The number of hydrogen-bond acceptors (Lipinski definition) is 5. The van der Waals surface area contributed by atoms with Gasteiger partial charge in [-0.3, -0.25) is 4.79 Å². The van der Waals surface area contributed by atoms with E-state index >= 15 is 0 Å². The van der Waals surface area contributed by atoms with Crippen LogP contribution in [0.2, 0.25) is 0 Å². The molecule has 8 nitrogen and oxygen atoms in total. The Kier molecular flexibility index (Phi) is 4.28. The maximum atomic E-state index is 13.4. The van der Waals surface area contributed by atoms with Crippen molar-refractivity contribution in [3.63, 3.8) is 0 Å². The number of ether oxygens (including phenoxy) is 2. The van der Waals surface area contributed by atoms with Crippen LogP contribution in [0, 0.1) is 0 Å². The van der Waals surface area contributed by atoms with Gasteiger partial charge in [-0.25, -0.2) is 4.31 Å². The van der Waals surface area contributed by atoms with Gasteiger partial charge in [0.05, 0.1) is 5.71 Å². The summed E-state index contributed by atoms with van der Waals surface area (Å²) in [5.74, 6) is 0.722. The van der Waals surface area contributed by atoms with Gasteiger partial charge in [0, 0.05) is 24.8 Å². The van der Waals surface area contributed by atoms with Gasteiger partial charge in [0.1, 0.15) is 5.70 Å². The summed E-state index contributed by atoms with van der Waals surface area (Å²) in [7, 11) is -2.71. The third kappa shape index (κ3) is 3.02. The molecule has 0 bridgehead atoms. The SMILES string of the molecule is CN1C(C(=O)N2CCCc3ccccc32)=CC(c2ccc3c(c2)OCO3)=NS1(=O)=O. The van der Waals surface area contributed by atoms with Gasteiger partial charge in [0.2, 0.25) is 6.79 Å². The fourth-order valence-corrected chi connectivity index (χ4v) is 4.74. The van der Waals surface area contributed by atoms with Gasteiger partial charge in [0.15, 0.2) is 11.5 Å². The van der Waals surface area contributed by atoms with E-state index in [9.17, 15) is 13.2 Å². The van der Waals surface area contributed by atoms with Crippen LogP contribution in [0.3, 0.4) is 0 Å². The summed E-state index contributed by atoms with van der Waals surface area (Å²) in [4.78, 5) is 15.1. The maximum Gasteiger partial charge on any atom is 0.345 e. The molecule has 30 heavy (non-hydrogen) atoms. The third-order valence-corrected chi connectivity index (χ3v) is 6.73. The first kappa shape index (κ1) is 18.7. The number of carbonyl (C=O) groups is 1. The number of nitrogens with zero attached hydrogens (tertiary/aromatic N) is 3. The monoisotopic (exact) mass is 425 g/mol. The average Bonchev–Trinajstić information content (AvgIpc) is 3.22. The lowest BCUT2D eigenvalue weighted by Crippen LogP contribution is -2.43. The summed E-state index contributed by atoms with van der Waals surface area (Å²) in [6.45, 7) is 0.637. The lowest BCUT2D eigenvalue weighted by molar-refractivity contribution is -0.116. The van der Waals surface area contributed by atoms with Gasteiger partial charge in [0.25, 0.3) is 5.91 Å². The molecule has 0 saturated heterocycles. The molecule has 2 aromatic carbocycles. The largest absolute Gasteiger partial charge is 0.454 e. The third-order valence-electron chi connectivity index (χ3n) is 5.42. The number of benzene rings is 2. The quantitative estimate of drug-likeness (QED) is 0.737. The van der Waals surface area contributed by atoms with E-state index < -0.39 is 10.2 Å². The van der Waals surface area contributed by atoms with Crippen LogP contribution in [0.5, 0.6) is 11.5 Å². The van der Waals surface area contributed by atoms with E-state index in [2.05, 4.69) is 4.40 Å². The van der Waals surface area contributed by atoms with Crippen molar-refractivity contribution in [1.82, 2.24) is 4.31 Å². The Morgan fingerprint density at radius 1 is 1.10 bits per heavy atom. The predicted molar refractivity (Wildman–Crippen MR) is 111 cm³/mol. The molecule has 0 aromatic heterocycles. The van der Waals surface area contributed by atoms with Gasteiger partial charge in [-0.15, -0.1) is 4.40 Å². The van der Waals surface area contributed by atoms with Gasteiger partial charge >= 0.3 is 10.2 Å². The van der Waals surface area contributed by atoms with Crippen molar-refractivity contribution in [3.8, 4) is 11.5 Å². The second kappa shape index (κ2) is 6.88. The fourth-order valence-electron chi connectivity index (χ4n) is 3.83. The maximum absolute atomic E-state index is 13.4. The van der Waals surface area contributed by atoms with E-state index in [0.717, 1.165) is 28.4 Å². The molecular formula is C21H19N3O5S. The average molecular weight is 425 g/mol. The summed E-state index contributed by atoms with van der Waals surface area (Å²) in [5.41, 5.74) is 2.64. The molecule has 3 aliphatic rings. The molecule has 3 heterocycles. The summed E-state index contributed by atoms with van der Waals surface area (Å²) in [6.07, 6.45) is 3.21. The topological polar surface area (TPSA) is 88.5 Å². The van der Waals surface area contributed by atoms with E-state index in [4.69, 9.17) is 9.47 Å². The number of anilines is 1. The molecule has 2 aromatic rings. The molecule has 0 atom stereocenters. The molecule has 3 aliphatic heterocycles. The smallest absolute Gasteiger partial charge is 0.345 e. The lowest BCUT2D eigenvalue weighted by atomic mass is 10.0. The summed E-state index contributed by atoms with van der Waals surface area (Å²) in [6, 6.07) is 12.7. The van der Waals surface area contributed by atoms with Crippen LogP contribution >= 0.6 is 0 Å². The zero-order valence-corrected chi connectivity index (χ0v) is 17.1. The Morgan fingerprint density at radius 3 is 2.77 bits per heavy atom. The summed E-state index contributed by atoms with van der Waals surface area (Å²) >= 11 is 0. The zero-order chi connectivity index (χ0) is 20.9. The van der Waals surface area contributed by atoms with Crippen molar-refractivity contribution in [2.24, 2.45) is 4.40 Å². The first-order chi connectivity index (χ1) is 14.4. The van der Waals surface area contributed by atoms with Crippen LogP contribution in [0.15, 0.2) is 58.6 Å². The van der Waals surface area contributed by atoms with Crippen molar-refractivity contribution in [3.05, 3.63) is 65.4 Å². The molecule has 154 valence electrons. The number of para-hydroxylation sites is 1. The number of allylic oxidation sites excluding steroid dienone is 1. The molecule has 0 fully saturated rings. The summed E-state index contributed by atoms with van der Waals surface area (Å²) < 4.78 is 40.9. The standard InChI is InChI=1S/C21H19N3O5S/c1-23-18(21(25)24-10-4-6-14-5-2-3-7-17(14)24)12-16(22-30(23,26)27)15-8-9-19-20(11-15)29-13-28-19/h2-3,5,7-9,11-12H,4,6,10,13H2,1H3. The van der Waals surface area contributed by atoms with Gasteiger partial charge in [-0.05, 0) is 48.7 Å². The van der Waals surface area contributed by atoms with Gasteiger partial charge in [-0.2, -0.15) is 8.42 Å². The molecule has 0 aliphatic carbocycles. The minimum Gasteiger partial charge on any atom is -0.454 e. The highest BCUT2D eigenvalue weighted by molar-refractivity contribution is 7.88. The predicted octanol–water partition coefficient (Wildman–Crippen LogP) is 2.26. The van der Waals surface area contributed by atoms with E-state index in [-0.39, 0.29) is 24.1 Å². The Morgan fingerprint density at radius 2 is 1.90 bits per heavy atom. The fraction of sp³-hybridized carbons (Fsp3) is 0.238. The highest BCUT2D eigenvalue weighted by Crippen LogP contribution is 2.34. The van der Waals surface area contributed by atoms with Crippen molar-refractivity contribution < 1.29 is 22.7 Å². The highest BCUT2D eigenvalue weighted by atomic mass is 32.2. The first-order valence-corrected chi connectivity index (χ1v) is 10.9. The van der Waals surface area contributed by atoms with Crippen LogP contribution in [0.4, 0.5) is 5.69 Å². The van der Waals surface area contributed by atoms with Crippen molar-refractivity contribution in [1.29, 1.82) is 0 Å². The van der Waals surface area contributed by atoms with Crippen molar-refractivity contribution in [2.45, 2.75) is 12.8 Å². The van der Waals surface area contributed by atoms with Gasteiger partial charge < -0.3 is 14.4 Å². The van der Waals surface area contributed by atoms with E-state index in [1.54, 1.807) is 23.1 Å². The number of aryl methyl sites for hydroxylation is 1. The number of carbonyl (C=O) groups excluding carboxylic acids is 1. The second-order valence-electron chi connectivity index (χ2n) is 7.21. The molecular weight excluding hydrogens is 406 g/mol. The van der Waals surface area contributed by atoms with Crippen LogP contribution in [0.1, 0.15) is 17.5 Å². The Bertz CT molecular complexity index is 1220. The molecule has 0 N–H and O–H groups in total. The second-order valence-corrected chi connectivity index (χ2v) is 8.83. The van der Waals surface area contributed by atoms with Crippen LogP contribution in [-0.2, 0) is 21.4 Å². The molecule has 0 radical (unpaired) electrons. The molecule has 5 rings (SSSR count). The van der Waals surface area contributed by atoms with Crippen LogP contribution < -0.4 is 14.4 Å². The Balaban J connectivity index is 1.56. The highest BCUT2D eigenvalue weighted by Gasteiger charge is 2.34. The molecule has 1 amide bonds. The van der Waals surface area contributed by atoms with Crippen molar-refractivity contribution in [2.75, 3.05) is 25.3 Å². The normalized spacial score (nSPS) is 19.1. The van der Waals surface area contributed by atoms with Gasteiger partial charge in [-0.1, -0.05) is 18.2 Å². The number of rotatable bonds is 2. The Labute approximate surface area is 174 Å². The van der Waals surface area contributed by atoms with E-state index in [0.29, 0.717) is 23.6 Å². The molecule has 0 spiro atoms. The lowest BCUT2D eigenvalue weighted by Gasteiger charge is -2.32. The number of hydrogen-bond donors (Lipinski definition) is 0. The first-order valence-electron chi connectivity index (χ1n) is 9.54. The van der Waals surface area contributed by atoms with E-state index in [1.807, 2.05) is 24.3 Å². The minimum atomic E-state index is -4.05. The van der Waals surface area contributed by atoms with Crippen LogP contribution in [-0.4, -0.2) is 44.7 Å². The number of likely N-dealkylation sites (N-methyl/N-ethyl adjacent to an activating group) is 1. The van der Waals surface area contributed by atoms with E-state index in [1.165, 1.54) is 13.1 Å². The summed E-state index contributed by atoms with van der Waals surface area (Å²) in [5, 5.41) is 0. The zero-order valence-electron chi connectivity index (χ0n) is 16.2.